The van der Waals surface area contributed by atoms with E-state index in [9.17, 15) is 13.2 Å². The van der Waals surface area contributed by atoms with Crippen molar-refractivity contribution in [3.05, 3.63) is 70.7 Å². The Bertz CT molecular complexity index is 942. The molecule has 1 fully saturated rings. The van der Waals surface area contributed by atoms with Crippen LogP contribution in [-0.4, -0.2) is 37.8 Å². The molecule has 0 saturated carbocycles. The lowest BCUT2D eigenvalue weighted by molar-refractivity contribution is -0.126. The van der Waals surface area contributed by atoms with E-state index in [4.69, 9.17) is 11.6 Å². The highest BCUT2D eigenvalue weighted by Gasteiger charge is 2.31. The van der Waals surface area contributed by atoms with Crippen LogP contribution in [0.4, 0.5) is 0 Å². The molecule has 3 rings (SSSR count). The molecule has 0 unspecified atom stereocenters. The van der Waals surface area contributed by atoms with E-state index in [0.29, 0.717) is 36.5 Å². The van der Waals surface area contributed by atoms with Crippen LogP contribution in [0.3, 0.4) is 0 Å². The van der Waals surface area contributed by atoms with Gasteiger partial charge < -0.3 is 5.32 Å². The maximum absolute atomic E-state index is 12.7. The molecule has 1 amide bonds. The number of benzene rings is 2. The van der Waals surface area contributed by atoms with Crippen LogP contribution in [0, 0.1) is 5.92 Å². The molecule has 5 nitrogen and oxygen atoms in total. The van der Waals surface area contributed by atoms with Gasteiger partial charge in [0, 0.05) is 30.1 Å². The molecule has 1 N–H and O–H groups in total. The van der Waals surface area contributed by atoms with Crippen molar-refractivity contribution in [3.8, 4) is 0 Å². The minimum Gasteiger partial charge on any atom is -0.353 e. The van der Waals surface area contributed by atoms with Gasteiger partial charge in [0.1, 0.15) is 0 Å². The van der Waals surface area contributed by atoms with E-state index in [1.54, 1.807) is 24.3 Å². The van der Waals surface area contributed by atoms with E-state index in [2.05, 4.69) is 17.4 Å². The molecule has 0 radical (unpaired) electrons. The van der Waals surface area contributed by atoms with Gasteiger partial charge in [-0.05, 0) is 55.9 Å². The summed E-state index contributed by atoms with van der Waals surface area (Å²) in [6, 6.07) is 17.2. The van der Waals surface area contributed by atoms with Crippen molar-refractivity contribution in [2.45, 2.75) is 44.4 Å². The van der Waals surface area contributed by atoms with Crippen LogP contribution in [0.1, 0.15) is 37.3 Å². The number of aryl methyl sites for hydroxylation is 1. The number of piperidine rings is 1. The molecule has 0 spiro atoms. The van der Waals surface area contributed by atoms with E-state index < -0.39 is 10.0 Å². The molecular weight excluding hydrogens is 420 g/mol. The molecular formula is C23H29ClN2O3S. The van der Waals surface area contributed by atoms with Crippen molar-refractivity contribution in [3.63, 3.8) is 0 Å². The molecule has 30 heavy (non-hydrogen) atoms. The van der Waals surface area contributed by atoms with Crippen molar-refractivity contribution >= 4 is 27.5 Å². The number of rotatable bonds is 8. The molecule has 2 aromatic rings. The number of amides is 1. The average Bonchev–Trinajstić information content (AvgIpc) is 2.73. The van der Waals surface area contributed by atoms with Crippen LogP contribution in [0.5, 0.6) is 0 Å². The van der Waals surface area contributed by atoms with Crippen LogP contribution in [0.2, 0.25) is 5.02 Å². The summed E-state index contributed by atoms with van der Waals surface area (Å²) in [5.74, 6) is -0.176. The highest BCUT2D eigenvalue weighted by atomic mass is 35.5. The molecule has 1 aliphatic rings. The third-order valence-electron chi connectivity index (χ3n) is 5.55. The number of carbonyl (C=O) groups excluding carboxylic acids is 1. The molecule has 1 heterocycles. The molecule has 2 aromatic carbocycles. The Kier molecular flexibility index (Phi) is 7.92. The number of hydrogen-bond donors (Lipinski definition) is 1. The first-order valence-electron chi connectivity index (χ1n) is 10.4. The van der Waals surface area contributed by atoms with Gasteiger partial charge in [0.15, 0.2) is 0 Å². The van der Waals surface area contributed by atoms with Crippen molar-refractivity contribution in [1.29, 1.82) is 0 Å². The molecule has 162 valence electrons. The monoisotopic (exact) mass is 448 g/mol. The fourth-order valence-electron chi connectivity index (χ4n) is 3.79. The maximum Gasteiger partial charge on any atom is 0.223 e. The van der Waals surface area contributed by atoms with Gasteiger partial charge in [-0.1, -0.05) is 54.1 Å². The molecule has 1 saturated heterocycles. The quantitative estimate of drug-likeness (QED) is 0.663. The number of nitrogens with zero attached hydrogens (tertiary/aromatic N) is 1. The highest BCUT2D eigenvalue weighted by Crippen LogP contribution is 2.23. The Morgan fingerprint density at radius 3 is 2.43 bits per heavy atom. The van der Waals surface area contributed by atoms with Gasteiger partial charge in [0.2, 0.25) is 15.9 Å². The highest BCUT2D eigenvalue weighted by molar-refractivity contribution is 7.88. The van der Waals surface area contributed by atoms with Crippen LogP contribution in [-0.2, 0) is 27.0 Å². The zero-order chi connectivity index (χ0) is 21.6. The summed E-state index contributed by atoms with van der Waals surface area (Å²) in [5, 5.41) is 3.63. The second kappa shape index (κ2) is 10.4. The first kappa shape index (κ1) is 22.8. The third-order valence-corrected chi connectivity index (χ3v) is 7.64. The second-order valence-electron chi connectivity index (χ2n) is 7.99. The summed E-state index contributed by atoms with van der Waals surface area (Å²) in [6.07, 6.45) is 2.89. The number of hydrogen-bond acceptors (Lipinski definition) is 3. The van der Waals surface area contributed by atoms with Crippen molar-refractivity contribution in [2.75, 3.05) is 13.1 Å². The van der Waals surface area contributed by atoms with Gasteiger partial charge in [-0.2, -0.15) is 0 Å². The van der Waals surface area contributed by atoms with Gasteiger partial charge in [-0.25, -0.2) is 12.7 Å². The number of nitrogens with one attached hydrogen (secondary N) is 1. The standard InChI is InChI=1S/C23H29ClN2O3S/c1-18(10-11-19-6-3-2-4-7-19)25-23(27)21-12-14-26(15-13-21)30(28,29)17-20-8-5-9-22(24)16-20/h2-9,16,18,21H,10-15,17H2,1H3,(H,25,27)/t18-/m1/s1. The largest absolute Gasteiger partial charge is 0.353 e. The zero-order valence-corrected chi connectivity index (χ0v) is 18.8. The van der Waals surface area contributed by atoms with Crippen LogP contribution >= 0.6 is 11.6 Å². The molecule has 0 bridgehead atoms. The first-order valence-corrected chi connectivity index (χ1v) is 12.4. The fraction of sp³-hybridized carbons (Fsp3) is 0.435. The molecule has 1 aliphatic heterocycles. The number of carbonyl (C=O) groups is 1. The van der Waals surface area contributed by atoms with Gasteiger partial charge in [0.25, 0.3) is 0 Å². The predicted molar refractivity (Wildman–Crippen MR) is 121 cm³/mol. The van der Waals surface area contributed by atoms with E-state index in [-0.39, 0.29) is 23.6 Å². The van der Waals surface area contributed by atoms with E-state index in [1.165, 1.54) is 9.87 Å². The fourth-order valence-corrected chi connectivity index (χ4v) is 5.55. The molecule has 0 aliphatic carbocycles. The Morgan fingerprint density at radius 1 is 1.10 bits per heavy atom. The molecule has 7 heteroatoms. The average molecular weight is 449 g/mol. The smallest absolute Gasteiger partial charge is 0.223 e. The normalized spacial score (nSPS) is 16.9. The third kappa shape index (κ3) is 6.56. The summed E-state index contributed by atoms with van der Waals surface area (Å²) in [4.78, 5) is 12.6. The van der Waals surface area contributed by atoms with Crippen LogP contribution in [0.25, 0.3) is 0 Å². The topological polar surface area (TPSA) is 66.5 Å². The SMILES string of the molecule is C[C@H](CCc1ccccc1)NC(=O)C1CCN(S(=O)(=O)Cc2cccc(Cl)c2)CC1. The van der Waals surface area contributed by atoms with Gasteiger partial charge in [0.05, 0.1) is 5.75 Å². The van der Waals surface area contributed by atoms with E-state index >= 15 is 0 Å². The predicted octanol–water partition coefficient (Wildman–Crippen LogP) is 4.02. The maximum atomic E-state index is 12.7. The van der Waals surface area contributed by atoms with Crippen molar-refractivity contribution < 1.29 is 13.2 Å². The lowest BCUT2D eigenvalue weighted by Gasteiger charge is -2.31. The van der Waals surface area contributed by atoms with Gasteiger partial charge in [-0.15, -0.1) is 0 Å². The lowest BCUT2D eigenvalue weighted by Crippen LogP contribution is -2.45. The number of halogens is 1. The van der Waals surface area contributed by atoms with Crippen LogP contribution < -0.4 is 5.32 Å². The van der Waals surface area contributed by atoms with Crippen LogP contribution in [0.15, 0.2) is 54.6 Å². The van der Waals surface area contributed by atoms with E-state index in [0.717, 1.165) is 12.8 Å². The summed E-state index contributed by atoms with van der Waals surface area (Å²) in [6.45, 7) is 2.77. The summed E-state index contributed by atoms with van der Waals surface area (Å²) in [7, 11) is -3.42. The zero-order valence-electron chi connectivity index (χ0n) is 17.3. The van der Waals surface area contributed by atoms with Gasteiger partial charge in [-0.3, -0.25) is 4.79 Å². The van der Waals surface area contributed by atoms with Crippen molar-refractivity contribution in [1.82, 2.24) is 9.62 Å². The van der Waals surface area contributed by atoms with Gasteiger partial charge >= 0.3 is 0 Å². The minimum atomic E-state index is -3.42. The summed E-state index contributed by atoms with van der Waals surface area (Å²) >= 11 is 5.96. The lowest BCUT2D eigenvalue weighted by atomic mass is 9.96. The Labute approximate surface area is 184 Å². The number of sulfonamides is 1. The van der Waals surface area contributed by atoms with E-state index in [1.807, 2.05) is 25.1 Å². The molecule has 0 aromatic heterocycles. The Hall–Kier alpha value is -1.89. The Morgan fingerprint density at radius 2 is 1.77 bits per heavy atom. The summed E-state index contributed by atoms with van der Waals surface area (Å²) < 4.78 is 26.9. The molecule has 1 atom stereocenters. The first-order chi connectivity index (χ1) is 14.3. The minimum absolute atomic E-state index is 0.0300. The Balaban J connectivity index is 1.45. The second-order valence-corrected chi connectivity index (χ2v) is 10.4. The van der Waals surface area contributed by atoms with Crippen molar-refractivity contribution in [2.24, 2.45) is 5.92 Å². The summed E-state index contributed by atoms with van der Waals surface area (Å²) in [5.41, 5.74) is 1.94.